The molecule has 0 unspecified atom stereocenters. The third-order valence-corrected chi connectivity index (χ3v) is 2.53. The second-order valence-electron chi connectivity index (χ2n) is 3.78. The summed E-state index contributed by atoms with van der Waals surface area (Å²) in [6, 6.07) is 7.02. The third-order valence-electron chi connectivity index (χ3n) is 2.53. The molecular formula is C13H11NO3. The summed E-state index contributed by atoms with van der Waals surface area (Å²) in [5.41, 5.74) is 1.71. The number of aromatic carboxylic acids is 1. The Balaban J connectivity index is 2.40. The van der Waals surface area contributed by atoms with Crippen LogP contribution in [0.3, 0.4) is 0 Å². The van der Waals surface area contributed by atoms with Gasteiger partial charge in [-0.2, -0.15) is 0 Å². The van der Waals surface area contributed by atoms with E-state index in [0.29, 0.717) is 5.56 Å². The highest BCUT2D eigenvalue weighted by Gasteiger charge is 2.18. The third kappa shape index (κ3) is 2.10. The second kappa shape index (κ2) is 4.25. The van der Waals surface area contributed by atoms with Crippen LogP contribution in [0.15, 0.2) is 36.7 Å². The van der Waals surface area contributed by atoms with E-state index in [1.807, 2.05) is 19.1 Å². The van der Waals surface area contributed by atoms with Gasteiger partial charge < -0.3 is 10.1 Å². The van der Waals surface area contributed by atoms with Gasteiger partial charge in [0.25, 0.3) is 0 Å². The van der Waals surface area contributed by atoms with E-state index in [1.54, 1.807) is 12.1 Å². The van der Waals surface area contributed by atoms with Gasteiger partial charge in [-0.25, -0.2) is 4.79 Å². The van der Waals surface area contributed by atoms with Gasteiger partial charge in [-0.05, 0) is 6.92 Å². The molecule has 0 spiro atoms. The Bertz CT molecular complexity index is 567. The molecule has 0 amide bonds. The fraction of sp³-hybridized carbons (Fsp3) is 0.0769. The summed E-state index contributed by atoms with van der Waals surface area (Å²) in [7, 11) is 0. The highest BCUT2D eigenvalue weighted by Crippen LogP contribution is 2.14. The summed E-state index contributed by atoms with van der Waals surface area (Å²) in [5.74, 6) is -1.40. The van der Waals surface area contributed by atoms with Crippen LogP contribution in [0.2, 0.25) is 0 Å². The predicted molar refractivity (Wildman–Crippen MR) is 62.4 cm³/mol. The minimum absolute atomic E-state index is 0.00410. The molecule has 0 aliphatic rings. The lowest BCUT2D eigenvalue weighted by atomic mass is 10.0. The van der Waals surface area contributed by atoms with E-state index in [-0.39, 0.29) is 16.9 Å². The fourth-order valence-electron chi connectivity index (χ4n) is 1.59. The molecule has 0 saturated heterocycles. The number of ketones is 1. The van der Waals surface area contributed by atoms with Gasteiger partial charge in [0.05, 0.1) is 11.1 Å². The van der Waals surface area contributed by atoms with Gasteiger partial charge in [0.1, 0.15) is 0 Å². The van der Waals surface area contributed by atoms with Crippen LogP contribution in [0, 0.1) is 6.92 Å². The van der Waals surface area contributed by atoms with Crippen LogP contribution < -0.4 is 0 Å². The van der Waals surface area contributed by atoms with Crippen molar-refractivity contribution in [2.45, 2.75) is 6.92 Å². The predicted octanol–water partition coefficient (Wildman–Crippen LogP) is 2.25. The lowest BCUT2D eigenvalue weighted by Gasteiger charge is -2.00. The highest BCUT2D eigenvalue weighted by molar-refractivity contribution is 6.14. The molecule has 2 rings (SSSR count). The Morgan fingerprint density at radius 2 is 1.65 bits per heavy atom. The van der Waals surface area contributed by atoms with Crippen molar-refractivity contribution in [1.29, 1.82) is 0 Å². The van der Waals surface area contributed by atoms with Crippen LogP contribution in [0.5, 0.6) is 0 Å². The largest absolute Gasteiger partial charge is 0.478 e. The minimum atomic E-state index is -1.11. The molecule has 86 valence electrons. The number of aromatic amines is 1. The van der Waals surface area contributed by atoms with Gasteiger partial charge in [-0.1, -0.05) is 29.8 Å². The normalized spacial score (nSPS) is 10.2. The molecule has 0 aliphatic heterocycles. The van der Waals surface area contributed by atoms with E-state index in [2.05, 4.69) is 4.98 Å². The molecule has 0 fully saturated rings. The van der Waals surface area contributed by atoms with Crippen LogP contribution in [-0.4, -0.2) is 21.8 Å². The van der Waals surface area contributed by atoms with E-state index < -0.39 is 5.97 Å². The first-order chi connectivity index (χ1) is 8.09. The van der Waals surface area contributed by atoms with Gasteiger partial charge in [-0.15, -0.1) is 0 Å². The van der Waals surface area contributed by atoms with Crippen molar-refractivity contribution < 1.29 is 14.7 Å². The summed E-state index contributed by atoms with van der Waals surface area (Å²) in [6.07, 6.45) is 2.72. The van der Waals surface area contributed by atoms with Crippen molar-refractivity contribution in [2.75, 3.05) is 0 Å². The van der Waals surface area contributed by atoms with E-state index in [1.165, 1.54) is 12.4 Å². The maximum Gasteiger partial charge on any atom is 0.337 e. The highest BCUT2D eigenvalue weighted by atomic mass is 16.4. The first-order valence-electron chi connectivity index (χ1n) is 5.11. The average Bonchev–Trinajstić information content (AvgIpc) is 2.78. The number of carboxylic acid groups (broad SMARTS) is 1. The van der Waals surface area contributed by atoms with Gasteiger partial charge in [0.15, 0.2) is 5.78 Å². The zero-order valence-electron chi connectivity index (χ0n) is 9.23. The maximum atomic E-state index is 12.1. The standard InChI is InChI=1S/C13H11NO3/c1-8-2-4-9(5-3-8)12(15)10-6-14-7-11(10)13(16)17/h2-7,14H,1H3,(H,16,17). The summed E-state index contributed by atoms with van der Waals surface area (Å²) in [5, 5.41) is 8.92. The van der Waals surface area contributed by atoms with Crippen LogP contribution in [0.25, 0.3) is 0 Å². The van der Waals surface area contributed by atoms with Crippen LogP contribution in [0.4, 0.5) is 0 Å². The van der Waals surface area contributed by atoms with Crippen LogP contribution in [-0.2, 0) is 0 Å². The number of nitrogens with one attached hydrogen (secondary N) is 1. The zero-order chi connectivity index (χ0) is 12.4. The number of carboxylic acids is 1. The van der Waals surface area contributed by atoms with Crippen molar-refractivity contribution in [2.24, 2.45) is 0 Å². The van der Waals surface area contributed by atoms with Crippen LogP contribution in [0.1, 0.15) is 31.8 Å². The maximum absolute atomic E-state index is 12.1. The molecule has 2 aromatic rings. The molecule has 0 aliphatic carbocycles. The quantitative estimate of drug-likeness (QED) is 0.793. The Kier molecular flexibility index (Phi) is 2.78. The molecule has 0 atom stereocenters. The molecular weight excluding hydrogens is 218 g/mol. The van der Waals surface area contributed by atoms with E-state index >= 15 is 0 Å². The number of hydrogen-bond donors (Lipinski definition) is 2. The first-order valence-corrected chi connectivity index (χ1v) is 5.11. The number of H-pyrrole nitrogens is 1. The second-order valence-corrected chi connectivity index (χ2v) is 3.78. The number of benzene rings is 1. The van der Waals surface area contributed by atoms with Gasteiger partial charge in [0, 0.05) is 18.0 Å². The Hall–Kier alpha value is -2.36. The van der Waals surface area contributed by atoms with Gasteiger partial charge in [0.2, 0.25) is 0 Å². The molecule has 2 N–H and O–H groups in total. The molecule has 1 aromatic carbocycles. The van der Waals surface area contributed by atoms with Crippen molar-refractivity contribution in [3.05, 3.63) is 58.9 Å². The summed E-state index contributed by atoms with van der Waals surface area (Å²) < 4.78 is 0. The Morgan fingerprint density at radius 1 is 1.06 bits per heavy atom. The number of aryl methyl sites for hydroxylation is 1. The monoisotopic (exact) mass is 229 g/mol. The molecule has 0 bridgehead atoms. The number of aromatic nitrogens is 1. The van der Waals surface area contributed by atoms with Crippen molar-refractivity contribution >= 4 is 11.8 Å². The van der Waals surface area contributed by atoms with Crippen molar-refractivity contribution in [1.82, 2.24) is 4.98 Å². The molecule has 0 saturated carbocycles. The van der Waals surface area contributed by atoms with Gasteiger partial charge in [-0.3, -0.25) is 4.79 Å². The van der Waals surface area contributed by atoms with Crippen molar-refractivity contribution in [3.63, 3.8) is 0 Å². The fourth-order valence-corrected chi connectivity index (χ4v) is 1.59. The lowest BCUT2D eigenvalue weighted by Crippen LogP contribution is -2.06. The van der Waals surface area contributed by atoms with E-state index in [4.69, 9.17) is 5.11 Å². The van der Waals surface area contributed by atoms with Crippen LogP contribution >= 0.6 is 0 Å². The smallest absolute Gasteiger partial charge is 0.337 e. The summed E-state index contributed by atoms with van der Waals surface area (Å²) in [6.45, 7) is 1.92. The molecule has 1 aromatic heterocycles. The molecule has 17 heavy (non-hydrogen) atoms. The number of carbonyl (C=O) groups excluding carboxylic acids is 1. The lowest BCUT2D eigenvalue weighted by molar-refractivity contribution is 0.0693. The zero-order valence-corrected chi connectivity index (χ0v) is 9.23. The Labute approximate surface area is 97.9 Å². The number of rotatable bonds is 3. The minimum Gasteiger partial charge on any atom is -0.478 e. The van der Waals surface area contributed by atoms with Gasteiger partial charge >= 0.3 is 5.97 Å². The number of hydrogen-bond acceptors (Lipinski definition) is 2. The van der Waals surface area contributed by atoms with Crippen molar-refractivity contribution in [3.8, 4) is 0 Å². The SMILES string of the molecule is Cc1ccc(C(=O)c2c[nH]cc2C(=O)O)cc1. The topological polar surface area (TPSA) is 70.2 Å². The van der Waals surface area contributed by atoms with E-state index in [9.17, 15) is 9.59 Å². The Morgan fingerprint density at radius 3 is 2.24 bits per heavy atom. The summed E-state index contributed by atoms with van der Waals surface area (Å²) in [4.78, 5) is 25.6. The summed E-state index contributed by atoms with van der Waals surface area (Å²) >= 11 is 0. The first kappa shape index (κ1) is 11.1. The number of carbonyl (C=O) groups is 2. The molecule has 4 heteroatoms. The molecule has 1 heterocycles. The molecule has 4 nitrogen and oxygen atoms in total. The molecule has 0 radical (unpaired) electrons. The average molecular weight is 229 g/mol. The van der Waals surface area contributed by atoms with E-state index in [0.717, 1.165) is 5.56 Å².